The quantitative estimate of drug-likeness (QED) is 0.940. The summed E-state index contributed by atoms with van der Waals surface area (Å²) >= 11 is 0. The molecular weight excluding hydrogens is 302 g/mol. The van der Waals surface area contributed by atoms with Crippen molar-refractivity contribution in [3.8, 4) is 0 Å². The summed E-state index contributed by atoms with van der Waals surface area (Å²) in [5.41, 5.74) is 1.79. The summed E-state index contributed by atoms with van der Waals surface area (Å²) in [5.74, 6) is -0.00814. The molecule has 3 heterocycles. The molecule has 128 valence electrons. The van der Waals surface area contributed by atoms with Gasteiger partial charge in [-0.2, -0.15) is 0 Å². The lowest BCUT2D eigenvalue weighted by molar-refractivity contribution is 0.0892. The number of carbonyl (C=O) groups is 1. The molecule has 2 saturated heterocycles. The maximum absolute atomic E-state index is 12.8. The Labute approximate surface area is 142 Å². The number of ether oxygens (including phenoxy) is 1. The van der Waals surface area contributed by atoms with Crippen molar-refractivity contribution < 1.29 is 9.53 Å². The number of likely N-dealkylation sites (tertiary alicyclic amines) is 1. The zero-order chi connectivity index (χ0) is 16.5. The van der Waals surface area contributed by atoms with E-state index in [1.54, 1.807) is 0 Å². The smallest absolute Gasteiger partial charge is 0.268 e. The molecule has 1 aromatic heterocycles. The lowest BCUT2D eigenvalue weighted by Crippen LogP contribution is -2.52. The second-order valence-electron chi connectivity index (χ2n) is 6.93. The van der Waals surface area contributed by atoms with Crippen molar-refractivity contribution in [2.24, 2.45) is 7.05 Å². The van der Waals surface area contributed by atoms with Crippen LogP contribution in [0.5, 0.6) is 0 Å². The fourth-order valence-electron chi connectivity index (χ4n) is 4.04. The Morgan fingerprint density at radius 3 is 2.75 bits per heavy atom. The summed E-state index contributed by atoms with van der Waals surface area (Å²) in [5, 5.41) is 4.32. The Hall–Kier alpha value is -1.85. The summed E-state index contributed by atoms with van der Waals surface area (Å²) in [6, 6.07) is 10.4. The molecule has 2 aliphatic heterocycles. The molecule has 0 unspecified atom stereocenters. The van der Waals surface area contributed by atoms with Crippen LogP contribution in [0.4, 0.5) is 0 Å². The third kappa shape index (κ3) is 2.82. The summed E-state index contributed by atoms with van der Waals surface area (Å²) in [7, 11) is 1.95. The summed E-state index contributed by atoms with van der Waals surface area (Å²) < 4.78 is 7.65. The highest BCUT2D eigenvalue weighted by Gasteiger charge is 2.35. The highest BCUT2D eigenvalue weighted by molar-refractivity contribution is 5.98. The molecule has 2 aliphatic rings. The Morgan fingerprint density at radius 2 is 1.96 bits per heavy atom. The maximum atomic E-state index is 12.8. The minimum atomic E-state index is -0.00814. The molecule has 24 heavy (non-hydrogen) atoms. The van der Waals surface area contributed by atoms with Crippen LogP contribution in [0, 0.1) is 0 Å². The molecule has 0 saturated carbocycles. The molecule has 5 heteroatoms. The van der Waals surface area contributed by atoms with Gasteiger partial charge in [-0.3, -0.25) is 9.69 Å². The number of nitrogens with one attached hydrogen (secondary N) is 1. The van der Waals surface area contributed by atoms with Gasteiger partial charge in [-0.05, 0) is 38.1 Å². The molecule has 0 bridgehead atoms. The zero-order valence-electron chi connectivity index (χ0n) is 14.2. The largest absolute Gasteiger partial charge is 0.378 e. The molecule has 4 rings (SSSR count). The second-order valence-corrected chi connectivity index (χ2v) is 6.93. The van der Waals surface area contributed by atoms with Crippen molar-refractivity contribution in [3.63, 3.8) is 0 Å². The van der Waals surface area contributed by atoms with E-state index in [0.29, 0.717) is 18.3 Å². The van der Waals surface area contributed by atoms with E-state index in [-0.39, 0.29) is 11.9 Å². The van der Waals surface area contributed by atoms with Crippen LogP contribution < -0.4 is 5.32 Å². The molecule has 0 spiro atoms. The van der Waals surface area contributed by atoms with Gasteiger partial charge in [-0.25, -0.2) is 0 Å². The number of fused-ring (bicyclic) bond motifs is 1. The van der Waals surface area contributed by atoms with Gasteiger partial charge in [0, 0.05) is 18.0 Å². The predicted molar refractivity (Wildman–Crippen MR) is 94.2 cm³/mol. The van der Waals surface area contributed by atoms with E-state index in [4.69, 9.17) is 4.74 Å². The van der Waals surface area contributed by atoms with Crippen LogP contribution in [0.25, 0.3) is 10.9 Å². The topological polar surface area (TPSA) is 46.5 Å². The van der Waals surface area contributed by atoms with Gasteiger partial charge >= 0.3 is 0 Å². The predicted octanol–water partition coefficient (Wildman–Crippen LogP) is 2.16. The van der Waals surface area contributed by atoms with Gasteiger partial charge in [-0.15, -0.1) is 0 Å². The summed E-state index contributed by atoms with van der Waals surface area (Å²) in [6.45, 7) is 3.57. The van der Waals surface area contributed by atoms with Crippen LogP contribution in [0.1, 0.15) is 29.8 Å². The number of carbonyl (C=O) groups excluding carboxylic acids is 1. The van der Waals surface area contributed by atoms with Gasteiger partial charge in [0.2, 0.25) is 0 Å². The fourth-order valence-corrected chi connectivity index (χ4v) is 4.04. The molecule has 2 aromatic rings. The van der Waals surface area contributed by atoms with Crippen LogP contribution in [0.3, 0.4) is 0 Å². The van der Waals surface area contributed by atoms with Crippen LogP contribution in [-0.2, 0) is 11.8 Å². The van der Waals surface area contributed by atoms with Crippen LogP contribution in [0.2, 0.25) is 0 Å². The minimum Gasteiger partial charge on any atom is -0.378 e. The van der Waals surface area contributed by atoms with Gasteiger partial charge < -0.3 is 14.6 Å². The number of nitrogens with zero attached hydrogens (tertiary/aromatic N) is 2. The third-order valence-corrected chi connectivity index (χ3v) is 5.41. The molecule has 1 aromatic carbocycles. The standard InChI is InChI=1S/C19H25N3O2/c1-21-16-8-4-3-7-14(16)11-17(21)19(23)20-15-12-24-13-18(15)22-9-5-2-6-10-22/h3-4,7-8,11,15,18H,2,5-6,9-10,12-13H2,1H3,(H,20,23)/t15-,18-/m0/s1. The van der Waals surface area contributed by atoms with Crippen molar-refractivity contribution in [1.29, 1.82) is 0 Å². The molecule has 5 nitrogen and oxygen atoms in total. The molecule has 1 amide bonds. The van der Waals surface area contributed by atoms with Crippen LogP contribution in [-0.4, -0.2) is 53.8 Å². The van der Waals surface area contributed by atoms with E-state index in [1.807, 2.05) is 41.9 Å². The average Bonchev–Trinajstić information content (AvgIpc) is 3.21. The number of aryl methyl sites for hydroxylation is 1. The van der Waals surface area contributed by atoms with Crippen LogP contribution in [0.15, 0.2) is 30.3 Å². The average molecular weight is 327 g/mol. The second kappa shape index (κ2) is 6.57. The zero-order valence-corrected chi connectivity index (χ0v) is 14.2. The normalized spacial score (nSPS) is 25.2. The number of benzene rings is 1. The van der Waals surface area contributed by atoms with Gasteiger partial charge in [0.1, 0.15) is 5.69 Å². The van der Waals surface area contributed by atoms with Gasteiger partial charge in [-0.1, -0.05) is 24.6 Å². The molecule has 1 N–H and O–H groups in total. The Bertz CT molecular complexity index is 733. The third-order valence-electron chi connectivity index (χ3n) is 5.41. The van der Waals surface area contributed by atoms with Crippen molar-refractivity contribution in [2.45, 2.75) is 31.3 Å². The lowest BCUT2D eigenvalue weighted by Gasteiger charge is -2.34. The van der Waals surface area contributed by atoms with Gasteiger partial charge in [0.05, 0.1) is 25.3 Å². The van der Waals surface area contributed by atoms with Crippen molar-refractivity contribution in [2.75, 3.05) is 26.3 Å². The van der Waals surface area contributed by atoms with E-state index in [0.717, 1.165) is 30.6 Å². The molecule has 0 aliphatic carbocycles. The van der Waals surface area contributed by atoms with Crippen molar-refractivity contribution >= 4 is 16.8 Å². The van der Waals surface area contributed by atoms with Crippen molar-refractivity contribution in [3.05, 3.63) is 36.0 Å². The van der Waals surface area contributed by atoms with Crippen molar-refractivity contribution in [1.82, 2.24) is 14.8 Å². The monoisotopic (exact) mass is 327 g/mol. The molecule has 2 atom stereocenters. The number of hydrogen-bond acceptors (Lipinski definition) is 3. The first-order valence-electron chi connectivity index (χ1n) is 8.91. The van der Waals surface area contributed by atoms with E-state index < -0.39 is 0 Å². The van der Waals surface area contributed by atoms with Gasteiger partial charge in [0.15, 0.2) is 0 Å². The molecular formula is C19H25N3O2. The van der Waals surface area contributed by atoms with E-state index in [1.165, 1.54) is 19.3 Å². The summed E-state index contributed by atoms with van der Waals surface area (Å²) in [4.78, 5) is 15.3. The highest BCUT2D eigenvalue weighted by Crippen LogP contribution is 2.21. The van der Waals surface area contributed by atoms with Gasteiger partial charge in [0.25, 0.3) is 5.91 Å². The number of aromatic nitrogens is 1. The van der Waals surface area contributed by atoms with E-state index >= 15 is 0 Å². The van der Waals surface area contributed by atoms with Crippen LogP contribution >= 0.6 is 0 Å². The fraction of sp³-hybridized carbons (Fsp3) is 0.526. The number of amides is 1. The Morgan fingerprint density at radius 1 is 1.17 bits per heavy atom. The highest BCUT2D eigenvalue weighted by atomic mass is 16.5. The number of rotatable bonds is 3. The first-order valence-corrected chi connectivity index (χ1v) is 8.91. The van der Waals surface area contributed by atoms with E-state index in [9.17, 15) is 4.79 Å². The number of hydrogen-bond donors (Lipinski definition) is 1. The van der Waals surface area contributed by atoms with E-state index in [2.05, 4.69) is 10.2 Å². The SMILES string of the molecule is Cn1c(C(=O)N[C@H]2COC[C@@H]2N2CCCCC2)cc2ccccc21. The minimum absolute atomic E-state index is 0.00814. The first-order chi connectivity index (χ1) is 11.7. The number of para-hydroxylation sites is 1. The Kier molecular flexibility index (Phi) is 4.29. The molecule has 0 radical (unpaired) electrons. The summed E-state index contributed by atoms with van der Waals surface area (Å²) in [6.07, 6.45) is 3.82. The number of piperidine rings is 1. The maximum Gasteiger partial charge on any atom is 0.268 e. The first kappa shape index (κ1) is 15.7. The molecule has 2 fully saturated rings. The lowest BCUT2D eigenvalue weighted by atomic mass is 10.0. The Balaban J connectivity index is 1.51.